The molecule has 24 rings (SSSR count). The summed E-state index contributed by atoms with van der Waals surface area (Å²) < 4.78 is 10.6. The maximum absolute atomic E-state index is 14.1. The third-order valence-electron chi connectivity index (χ3n) is 24.5. The highest BCUT2D eigenvalue weighted by molar-refractivity contribution is 5.98. The van der Waals surface area contributed by atoms with Crippen LogP contribution in [0.4, 0.5) is 29.0 Å². The van der Waals surface area contributed by atoms with Crippen molar-refractivity contribution in [3.63, 3.8) is 0 Å². The monoisotopic (exact) mass is 1810 g/mol. The van der Waals surface area contributed by atoms with Crippen molar-refractivity contribution >= 4 is 116 Å². The van der Waals surface area contributed by atoms with Crippen molar-refractivity contribution in [1.82, 2.24) is 118 Å². The second kappa shape index (κ2) is 37.1. The van der Waals surface area contributed by atoms with E-state index in [2.05, 4.69) is 148 Å². The second-order valence-electron chi connectivity index (χ2n) is 33.3. The van der Waals surface area contributed by atoms with Gasteiger partial charge in [-0.15, -0.1) is 0 Å². The van der Waals surface area contributed by atoms with Gasteiger partial charge in [0.05, 0.1) is 111 Å². The van der Waals surface area contributed by atoms with Crippen molar-refractivity contribution < 1.29 is 0 Å². The van der Waals surface area contributed by atoms with E-state index in [9.17, 15) is 19.2 Å². The highest BCUT2D eigenvalue weighted by Crippen LogP contribution is 2.37. The molecule has 33 nitrogen and oxygen atoms in total. The number of aryl methyl sites for hydroxylation is 1. The molecule has 1 aliphatic rings. The number of nitrogens with zero attached hydrogens (tertiary/aromatic N) is 20. The number of pyridine rings is 6. The zero-order chi connectivity index (χ0) is 93.2. The van der Waals surface area contributed by atoms with E-state index in [1.54, 1.807) is 79.4 Å². The maximum Gasteiger partial charge on any atom is 0.265 e. The fourth-order valence-corrected chi connectivity index (χ4v) is 18.1. The van der Waals surface area contributed by atoms with Gasteiger partial charge in [0.15, 0.2) is 34.6 Å². The van der Waals surface area contributed by atoms with Gasteiger partial charge in [0.25, 0.3) is 22.2 Å². The number of rotatable bonds is 20. The lowest BCUT2D eigenvalue weighted by Gasteiger charge is -2.24. The molecule has 137 heavy (non-hydrogen) atoms. The number of para-hydroxylation sites is 4. The number of hydrogen-bond acceptors (Lipinski definition) is 22. The van der Waals surface area contributed by atoms with Crippen molar-refractivity contribution in [3.05, 3.63) is 394 Å². The summed E-state index contributed by atoms with van der Waals surface area (Å²) in [6.45, 7) is 12.0. The van der Waals surface area contributed by atoms with Crippen LogP contribution >= 0.6 is 0 Å². The minimum atomic E-state index is -0.260. The maximum atomic E-state index is 14.1. The highest BCUT2D eigenvalue weighted by atomic mass is 16.1. The van der Waals surface area contributed by atoms with Gasteiger partial charge in [-0.2, -0.15) is 15.3 Å². The number of aromatic amines is 5. The standard InChI is InChI=1S/C27H26N6O.C26H22N8O.C26H21N7O.C25H20N8O/c1-18(31-26-25-21(12-13-28-26)29-17-30-25)23-16-19-8-7-11-22(32-14-5-6-15-32)24(19)27(34)33(23)20-9-3-2-4-10-20;1-16-12-31-33(13-16)20-10-6-7-18-11-21(34(26(35)22(18)20)19-8-4-3-5-9-19)17(2)32-25-23-24(28-14-27-23)29-15-30-25;1-16(31-25-24-21(10-12-27-25)28-15-29-24)22-14-17-6-5-9-19(20-11-13-30-32-20)23(17)26(34)33(22)18-7-3-2-4-8-18;1-16(31-24-22-23(27-14-26-22)28-15-29-24)20-13-17-7-5-10-19(32-12-6-11-30-32)21(17)25(34)33(20)18-8-3-2-4-9-18/h2-4,7-13,16-18H,5-6,14-15H2,1H3,(H,28,31)(H,29,30);3-15,17H,1-2H3,(H2,27,28,29,30,32);2-16H,1H3,(H,27,31)(H,28,29)(H,30,32);2-16H,1H3,(H2,26,27,28,29,31)/t18-;17-;2*16-/m1010/s1. The lowest BCUT2D eigenvalue weighted by molar-refractivity contribution is 0.773. The van der Waals surface area contributed by atoms with E-state index in [4.69, 9.17) is 0 Å². The van der Waals surface area contributed by atoms with E-state index in [1.165, 1.54) is 12.7 Å². The number of imidazole rings is 4. The first-order chi connectivity index (χ1) is 67.2. The van der Waals surface area contributed by atoms with E-state index in [0.717, 1.165) is 154 Å². The number of hydrogen-bond donors (Lipinski definition) is 9. The summed E-state index contributed by atoms with van der Waals surface area (Å²) in [5, 5.41) is 35.8. The molecular formula is C104H89N29O4. The molecule has 0 bridgehead atoms. The third kappa shape index (κ3) is 16.6. The molecule has 9 N–H and O–H groups in total. The van der Waals surface area contributed by atoms with Gasteiger partial charge in [-0.1, -0.05) is 127 Å². The van der Waals surface area contributed by atoms with Crippen molar-refractivity contribution in [2.45, 2.75) is 71.6 Å². The molecule has 8 aromatic carbocycles. The van der Waals surface area contributed by atoms with Crippen molar-refractivity contribution in [2.24, 2.45) is 0 Å². The van der Waals surface area contributed by atoms with Crippen LogP contribution in [0.2, 0.25) is 0 Å². The van der Waals surface area contributed by atoms with Crippen LogP contribution < -0.4 is 48.4 Å². The van der Waals surface area contributed by atoms with Crippen molar-refractivity contribution in [2.75, 3.05) is 39.3 Å². The molecule has 1 fully saturated rings. The number of anilines is 5. The molecular weight excluding hydrogens is 1720 g/mol. The Morgan fingerprint density at radius 1 is 0.350 bits per heavy atom. The van der Waals surface area contributed by atoms with Crippen LogP contribution in [0, 0.1) is 6.92 Å². The summed E-state index contributed by atoms with van der Waals surface area (Å²) in [5.74, 6) is 2.58. The van der Waals surface area contributed by atoms with Gasteiger partial charge in [0.1, 0.15) is 34.7 Å². The molecule has 0 saturated carbocycles. The molecule has 0 amide bonds. The summed E-state index contributed by atoms with van der Waals surface area (Å²) in [6.07, 6.45) is 24.2. The van der Waals surface area contributed by atoms with E-state index in [1.807, 2.05) is 263 Å². The first kappa shape index (κ1) is 85.4. The average molecular weight is 1810 g/mol. The summed E-state index contributed by atoms with van der Waals surface area (Å²) in [4.78, 5) is 114. The summed E-state index contributed by atoms with van der Waals surface area (Å²) in [5.41, 5.74) is 17.2. The molecule has 15 aromatic heterocycles. The Kier molecular flexibility index (Phi) is 23.1. The number of fused-ring (bicyclic) bond motifs is 8. The SMILES string of the molecule is C[C@@H](Nc1nccc2[nH]cnc12)c1cc2cccc(-c3ccn[nH]3)c2c(=O)n1-c1ccccc1.C[C@@H](Nc1nccc2[nH]cnc12)c1cc2cccc(N3CCCC3)c2c(=O)n1-c1ccccc1.C[C@H](Nc1ncnc2nc[nH]c12)c1cc2cccc(-n3cccn3)c2c(=O)n1-c1ccccc1.Cc1cnn(-c2cccc3cc([C@H](C)Nc4ncnc5nc[nH]c45)n(-c4ccccc4)c(=O)c23)c1. The molecule has 0 unspecified atom stereocenters. The molecule has 0 spiro atoms. The summed E-state index contributed by atoms with van der Waals surface area (Å²) in [6, 6.07) is 77.3. The van der Waals surface area contributed by atoms with Crippen LogP contribution in [0.1, 0.15) is 93.0 Å². The Morgan fingerprint density at radius 2 is 0.752 bits per heavy atom. The third-order valence-corrected chi connectivity index (χ3v) is 24.5. The van der Waals surface area contributed by atoms with Gasteiger partial charge in [-0.3, -0.25) is 42.5 Å². The first-order valence-electron chi connectivity index (χ1n) is 44.8. The number of benzene rings is 8. The number of aromatic nitrogens is 24. The number of nitrogens with one attached hydrogen (secondary N) is 9. The van der Waals surface area contributed by atoms with Crippen LogP contribution in [0.15, 0.2) is 343 Å². The minimum Gasteiger partial charge on any atom is -0.371 e. The van der Waals surface area contributed by atoms with Gasteiger partial charge in [0, 0.05) is 101 Å². The summed E-state index contributed by atoms with van der Waals surface area (Å²) in [7, 11) is 0. The van der Waals surface area contributed by atoms with E-state index in [0.29, 0.717) is 61.8 Å². The Morgan fingerprint density at radius 3 is 1.17 bits per heavy atom. The normalized spacial score (nSPS) is 12.9. The topological polar surface area (TPSA) is 396 Å². The van der Waals surface area contributed by atoms with Gasteiger partial charge in [-0.25, -0.2) is 59.2 Å². The Bertz CT molecular complexity index is 8350. The van der Waals surface area contributed by atoms with Gasteiger partial charge in [0.2, 0.25) is 0 Å². The van der Waals surface area contributed by atoms with Crippen LogP contribution in [0.25, 0.3) is 133 Å². The van der Waals surface area contributed by atoms with Gasteiger partial charge in [-0.05, 0) is 190 Å². The Hall–Kier alpha value is -18.4. The van der Waals surface area contributed by atoms with Gasteiger partial charge >= 0.3 is 0 Å². The fraction of sp³-hybridized carbons (Fsp3) is 0.125. The Labute approximate surface area is 779 Å². The van der Waals surface area contributed by atoms with Crippen LogP contribution in [0.5, 0.6) is 0 Å². The molecule has 0 aliphatic carbocycles. The van der Waals surface area contributed by atoms with E-state index in [-0.39, 0.29) is 46.4 Å². The first-order valence-corrected chi connectivity index (χ1v) is 44.8. The Balaban J connectivity index is 0.000000109. The molecule has 16 heterocycles. The van der Waals surface area contributed by atoms with Crippen LogP contribution in [-0.4, -0.2) is 131 Å². The molecule has 23 aromatic rings. The zero-order valence-corrected chi connectivity index (χ0v) is 74.8. The summed E-state index contributed by atoms with van der Waals surface area (Å²) >= 11 is 0. The minimum absolute atomic E-state index is 0.000729. The van der Waals surface area contributed by atoms with Crippen LogP contribution in [-0.2, 0) is 0 Å². The number of H-pyrrole nitrogens is 5. The smallest absolute Gasteiger partial charge is 0.265 e. The lowest BCUT2D eigenvalue weighted by atomic mass is 10.0. The van der Waals surface area contributed by atoms with Gasteiger partial charge < -0.3 is 46.1 Å². The molecule has 4 atom stereocenters. The van der Waals surface area contributed by atoms with Crippen molar-refractivity contribution in [1.29, 1.82) is 0 Å². The zero-order valence-electron chi connectivity index (χ0n) is 74.8. The quantitative estimate of drug-likeness (QED) is 0.0342. The molecule has 0 radical (unpaired) electrons. The lowest BCUT2D eigenvalue weighted by Crippen LogP contribution is -2.28. The van der Waals surface area contributed by atoms with Crippen LogP contribution in [0.3, 0.4) is 0 Å². The highest BCUT2D eigenvalue weighted by Gasteiger charge is 2.28. The molecule has 33 heteroatoms. The molecule has 1 saturated heterocycles. The van der Waals surface area contributed by atoms with E-state index < -0.39 is 0 Å². The van der Waals surface area contributed by atoms with E-state index >= 15 is 0 Å². The fourth-order valence-electron chi connectivity index (χ4n) is 18.1. The predicted molar refractivity (Wildman–Crippen MR) is 535 cm³/mol. The predicted octanol–water partition coefficient (Wildman–Crippen LogP) is 18.2. The molecule has 1 aliphatic heterocycles. The largest absolute Gasteiger partial charge is 0.371 e. The van der Waals surface area contributed by atoms with Crippen molar-refractivity contribution in [3.8, 4) is 45.4 Å². The average Bonchev–Trinajstić information content (AvgIpc) is 1.69. The molecule has 674 valence electrons. The second-order valence-corrected chi connectivity index (χ2v) is 33.3.